The van der Waals surface area contributed by atoms with Gasteiger partial charge in [0.15, 0.2) is 12.4 Å². The third-order valence-corrected chi connectivity index (χ3v) is 5.11. The van der Waals surface area contributed by atoms with Crippen molar-refractivity contribution in [2.45, 2.75) is 6.54 Å². The summed E-state index contributed by atoms with van der Waals surface area (Å²) < 4.78 is 10.7. The number of ether oxygens (including phenoxy) is 2. The van der Waals surface area contributed by atoms with Crippen LogP contribution in [0.5, 0.6) is 5.75 Å². The summed E-state index contributed by atoms with van der Waals surface area (Å²) in [4.78, 5) is 25.9. The standard InChI is InChI=1S/C19H12Cl2N2O4S/c20-12-3-1-11(5-13(12)21)8-23-14-6-10(2-4-15(14)26-9-17(23)24)7-16-18(25)22-19(28)27-16/h1-7H,8-9H2,(H,22,25,28)/b16-7+. The van der Waals surface area contributed by atoms with Gasteiger partial charge in [-0.15, -0.1) is 0 Å². The van der Waals surface area contributed by atoms with Crippen LogP contribution in [0.15, 0.2) is 42.2 Å². The molecule has 2 aromatic rings. The molecule has 2 heterocycles. The third-order valence-electron chi connectivity index (χ3n) is 4.19. The van der Waals surface area contributed by atoms with Gasteiger partial charge < -0.3 is 14.4 Å². The van der Waals surface area contributed by atoms with E-state index in [9.17, 15) is 9.59 Å². The minimum absolute atomic E-state index is 0.00830. The molecule has 142 valence electrons. The summed E-state index contributed by atoms with van der Waals surface area (Å²) >= 11 is 16.9. The van der Waals surface area contributed by atoms with Crippen LogP contribution in [-0.2, 0) is 20.9 Å². The molecule has 1 N–H and O–H groups in total. The fraction of sp³-hybridized carbons (Fsp3) is 0.105. The lowest BCUT2D eigenvalue weighted by molar-refractivity contribution is -0.121. The summed E-state index contributed by atoms with van der Waals surface area (Å²) in [6, 6.07) is 10.5. The first-order chi connectivity index (χ1) is 13.4. The van der Waals surface area contributed by atoms with Gasteiger partial charge in [-0.3, -0.25) is 14.9 Å². The minimum atomic E-state index is -0.414. The molecule has 6 nitrogen and oxygen atoms in total. The number of rotatable bonds is 3. The van der Waals surface area contributed by atoms with E-state index in [1.54, 1.807) is 47.4 Å². The smallest absolute Gasteiger partial charge is 0.294 e. The summed E-state index contributed by atoms with van der Waals surface area (Å²) in [6.07, 6.45) is 1.55. The summed E-state index contributed by atoms with van der Waals surface area (Å²) in [7, 11) is 0. The molecular formula is C19H12Cl2N2O4S. The average molecular weight is 435 g/mol. The minimum Gasteiger partial charge on any atom is -0.482 e. The molecule has 1 fully saturated rings. The van der Waals surface area contributed by atoms with Crippen LogP contribution in [0.1, 0.15) is 11.1 Å². The molecule has 0 aliphatic carbocycles. The van der Waals surface area contributed by atoms with E-state index in [0.717, 1.165) is 5.56 Å². The van der Waals surface area contributed by atoms with Crippen molar-refractivity contribution in [3.8, 4) is 5.75 Å². The normalized spacial score (nSPS) is 17.3. The topological polar surface area (TPSA) is 67.9 Å². The molecule has 2 aliphatic heterocycles. The number of thiocarbonyl (C=S) groups is 1. The maximum atomic E-state index is 12.5. The van der Waals surface area contributed by atoms with Gasteiger partial charge in [-0.1, -0.05) is 35.3 Å². The van der Waals surface area contributed by atoms with Crippen molar-refractivity contribution in [1.82, 2.24) is 5.32 Å². The highest BCUT2D eigenvalue weighted by Crippen LogP contribution is 2.35. The van der Waals surface area contributed by atoms with Gasteiger partial charge in [0.1, 0.15) is 5.75 Å². The van der Waals surface area contributed by atoms with Crippen LogP contribution < -0.4 is 15.0 Å². The second kappa shape index (κ2) is 7.43. The zero-order chi connectivity index (χ0) is 19.8. The van der Waals surface area contributed by atoms with Gasteiger partial charge in [0.2, 0.25) is 0 Å². The fourth-order valence-electron chi connectivity index (χ4n) is 2.88. The lowest BCUT2D eigenvalue weighted by Gasteiger charge is -2.30. The van der Waals surface area contributed by atoms with Crippen molar-refractivity contribution in [3.63, 3.8) is 0 Å². The first kappa shape index (κ1) is 18.7. The van der Waals surface area contributed by atoms with Gasteiger partial charge in [0.25, 0.3) is 17.0 Å². The van der Waals surface area contributed by atoms with Gasteiger partial charge in [-0.05, 0) is 53.7 Å². The molecule has 4 rings (SSSR count). The van der Waals surface area contributed by atoms with Crippen molar-refractivity contribution in [3.05, 3.63) is 63.3 Å². The summed E-state index contributed by atoms with van der Waals surface area (Å²) in [5.74, 6) is 0.0419. The second-order valence-corrected chi connectivity index (χ2v) is 7.28. The second-order valence-electron chi connectivity index (χ2n) is 6.10. The first-order valence-electron chi connectivity index (χ1n) is 8.17. The van der Waals surface area contributed by atoms with Crippen LogP contribution in [0.3, 0.4) is 0 Å². The van der Waals surface area contributed by atoms with Gasteiger partial charge >= 0.3 is 0 Å². The van der Waals surface area contributed by atoms with E-state index >= 15 is 0 Å². The first-order valence-corrected chi connectivity index (χ1v) is 9.33. The third kappa shape index (κ3) is 3.69. The number of fused-ring (bicyclic) bond motifs is 1. The molecule has 0 bridgehead atoms. The monoisotopic (exact) mass is 434 g/mol. The number of carbonyl (C=O) groups excluding carboxylic acids is 2. The van der Waals surface area contributed by atoms with Crippen LogP contribution >= 0.6 is 35.4 Å². The maximum absolute atomic E-state index is 12.5. The van der Waals surface area contributed by atoms with Gasteiger partial charge in [-0.2, -0.15) is 0 Å². The number of hydrogen-bond acceptors (Lipinski definition) is 5. The van der Waals surface area contributed by atoms with Crippen molar-refractivity contribution in [2.75, 3.05) is 11.5 Å². The van der Waals surface area contributed by atoms with Crippen LogP contribution in [0.2, 0.25) is 10.0 Å². The van der Waals surface area contributed by atoms with E-state index in [2.05, 4.69) is 5.32 Å². The number of hydrogen-bond donors (Lipinski definition) is 1. The molecule has 0 saturated carbocycles. The van der Waals surface area contributed by atoms with Crippen molar-refractivity contribution in [2.24, 2.45) is 0 Å². The number of benzene rings is 2. The van der Waals surface area contributed by atoms with Gasteiger partial charge in [-0.25, -0.2) is 0 Å². The Morgan fingerprint density at radius 1 is 1.14 bits per heavy atom. The zero-order valence-electron chi connectivity index (χ0n) is 14.2. The number of amides is 2. The Hall–Kier alpha value is -2.61. The highest BCUT2D eigenvalue weighted by atomic mass is 35.5. The quantitative estimate of drug-likeness (QED) is 0.589. The largest absolute Gasteiger partial charge is 0.482 e. The Morgan fingerprint density at radius 3 is 2.68 bits per heavy atom. The van der Waals surface area contributed by atoms with Gasteiger partial charge in [0.05, 0.1) is 22.3 Å². The lowest BCUT2D eigenvalue weighted by Crippen LogP contribution is -2.38. The van der Waals surface area contributed by atoms with Crippen molar-refractivity contribution < 1.29 is 19.1 Å². The number of nitrogens with zero attached hydrogens (tertiary/aromatic N) is 1. The molecule has 9 heteroatoms. The molecule has 1 saturated heterocycles. The van der Waals surface area contributed by atoms with Crippen LogP contribution in [-0.4, -0.2) is 23.6 Å². The van der Waals surface area contributed by atoms with E-state index in [0.29, 0.717) is 33.6 Å². The van der Waals surface area contributed by atoms with E-state index < -0.39 is 5.91 Å². The number of anilines is 1. The molecule has 0 aromatic heterocycles. The van der Waals surface area contributed by atoms with E-state index in [-0.39, 0.29) is 23.4 Å². The summed E-state index contributed by atoms with van der Waals surface area (Å²) in [5.41, 5.74) is 2.06. The Morgan fingerprint density at radius 2 is 1.96 bits per heavy atom. The molecule has 0 radical (unpaired) electrons. The maximum Gasteiger partial charge on any atom is 0.294 e. The average Bonchev–Trinajstić information content (AvgIpc) is 2.97. The molecule has 0 spiro atoms. The highest BCUT2D eigenvalue weighted by molar-refractivity contribution is 7.80. The molecular weight excluding hydrogens is 423 g/mol. The Kier molecular flexibility index (Phi) is 4.97. The fourth-order valence-corrected chi connectivity index (χ4v) is 3.38. The summed E-state index contributed by atoms with van der Waals surface area (Å²) in [6.45, 7) is 0.238. The van der Waals surface area contributed by atoms with Crippen molar-refractivity contribution in [1.29, 1.82) is 0 Å². The van der Waals surface area contributed by atoms with Gasteiger partial charge in [0, 0.05) is 0 Å². The van der Waals surface area contributed by atoms with E-state index in [1.165, 1.54) is 0 Å². The Bertz CT molecular complexity index is 1050. The molecule has 0 atom stereocenters. The SMILES string of the molecule is O=C1NC(=S)O/C1=C/c1ccc2c(c1)N(Cc1ccc(Cl)c(Cl)c1)C(=O)CO2. The zero-order valence-corrected chi connectivity index (χ0v) is 16.5. The predicted octanol–water partition coefficient (Wildman–Crippen LogP) is 3.69. The lowest BCUT2D eigenvalue weighted by atomic mass is 10.1. The van der Waals surface area contributed by atoms with E-state index in [4.69, 9.17) is 44.9 Å². The van der Waals surface area contributed by atoms with Crippen LogP contribution in [0.4, 0.5) is 5.69 Å². The van der Waals surface area contributed by atoms with Crippen LogP contribution in [0, 0.1) is 0 Å². The van der Waals surface area contributed by atoms with Crippen molar-refractivity contribution >= 4 is 64.2 Å². The molecule has 2 amide bonds. The molecule has 0 unspecified atom stereocenters. The Labute approximate surface area is 175 Å². The summed E-state index contributed by atoms with van der Waals surface area (Å²) in [5, 5.41) is 3.27. The molecule has 2 aliphatic rings. The van der Waals surface area contributed by atoms with E-state index in [1.807, 2.05) is 0 Å². The van der Waals surface area contributed by atoms with Crippen LogP contribution in [0.25, 0.3) is 6.08 Å². The number of halogens is 2. The molecule has 2 aromatic carbocycles. The molecule has 28 heavy (non-hydrogen) atoms. The number of nitrogens with one attached hydrogen (secondary N) is 1. The Balaban J connectivity index is 1.68. The highest BCUT2D eigenvalue weighted by Gasteiger charge is 2.27. The number of carbonyl (C=O) groups is 2. The predicted molar refractivity (Wildman–Crippen MR) is 109 cm³/mol.